The maximum Gasteiger partial charge on any atom is 0.257 e. The number of hydrogen-bond donors (Lipinski definition) is 1. The van der Waals surface area contributed by atoms with E-state index in [1.54, 1.807) is 30.2 Å². The smallest absolute Gasteiger partial charge is 0.257 e. The van der Waals surface area contributed by atoms with Gasteiger partial charge in [-0.1, -0.05) is 18.2 Å². The maximum atomic E-state index is 13.0. The van der Waals surface area contributed by atoms with Gasteiger partial charge in [0.05, 0.1) is 25.7 Å². The number of para-hydroxylation sites is 1. The zero-order chi connectivity index (χ0) is 19.2. The second-order valence-corrected chi connectivity index (χ2v) is 6.51. The molecule has 1 aliphatic rings. The number of carbonyl (C=O) groups is 2. The second kappa shape index (κ2) is 8.58. The summed E-state index contributed by atoms with van der Waals surface area (Å²) in [5.41, 5.74) is 1.21. The molecule has 1 saturated heterocycles. The average Bonchev–Trinajstić information content (AvgIpc) is 2.73. The van der Waals surface area contributed by atoms with Crippen molar-refractivity contribution in [3.63, 3.8) is 0 Å². The highest BCUT2D eigenvalue weighted by atomic mass is 16.5. The predicted molar refractivity (Wildman–Crippen MR) is 103 cm³/mol. The fourth-order valence-electron chi connectivity index (χ4n) is 3.29. The third-order valence-corrected chi connectivity index (χ3v) is 4.76. The first-order chi connectivity index (χ1) is 13.1. The first-order valence-corrected chi connectivity index (χ1v) is 8.99. The Balaban J connectivity index is 1.72. The molecule has 142 valence electrons. The van der Waals surface area contributed by atoms with Gasteiger partial charge in [0.1, 0.15) is 11.5 Å². The van der Waals surface area contributed by atoms with E-state index < -0.39 is 0 Å². The van der Waals surface area contributed by atoms with Gasteiger partial charge in [0.25, 0.3) is 5.91 Å². The molecule has 0 saturated carbocycles. The van der Waals surface area contributed by atoms with Crippen molar-refractivity contribution in [2.24, 2.45) is 5.92 Å². The summed E-state index contributed by atoms with van der Waals surface area (Å²) in [6, 6.07) is 14.5. The quantitative estimate of drug-likeness (QED) is 0.880. The second-order valence-electron chi connectivity index (χ2n) is 6.51. The normalized spacial score (nSPS) is 16.5. The lowest BCUT2D eigenvalue weighted by atomic mass is 9.96. The molecule has 1 unspecified atom stereocenters. The number of amides is 2. The molecule has 2 aromatic rings. The molecule has 1 atom stereocenters. The first-order valence-electron chi connectivity index (χ1n) is 8.99. The van der Waals surface area contributed by atoms with Crippen molar-refractivity contribution in [2.45, 2.75) is 12.8 Å². The van der Waals surface area contributed by atoms with Crippen molar-refractivity contribution in [3.05, 3.63) is 54.1 Å². The monoisotopic (exact) mass is 368 g/mol. The molecular weight excluding hydrogens is 344 g/mol. The number of hydrogen-bond acceptors (Lipinski definition) is 4. The van der Waals surface area contributed by atoms with Crippen LogP contribution in [0.4, 0.5) is 5.69 Å². The fourth-order valence-corrected chi connectivity index (χ4v) is 3.29. The topological polar surface area (TPSA) is 67.9 Å². The van der Waals surface area contributed by atoms with Gasteiger partial charge >= 0.3 is 0 Å². The highest BCUT2D eigenvalue weighted by Gasteiger charge is 2.30. The molecule has 1 heterocycles. The minimum Gasteiger partial charge on any atom is -0.497 e. The Morgan fingerprint density at radius 1 is 1.07 bits per heavy atom. The third kappa shape index (κ3) is 4.39. The van der Waals surface area contributed by atoms with Crippen LogP contribution in [0.1, 0.15) is 23.2 Å². The molecule has 0 spiro atoms. The summed E-state index contributed by atoms with van der Waals surface area (Å²) in [7, 11) is 3.09. The number of likely N-dealkylation sites (tertiary alicyclic amines) is 1. The molecule has 0 radical (unpaired) electrons. The molecule has 6 nitrogen and oxygen atoms in total. The molecule has 0 bridgehead atoms. The molecular formula is C21H24N2O4. The standard InChI is InChI=1S/C21H24N2O4/c1-26-17-10-11-19(27-2)18(13-17)21(25)23-12-6-7-15(14-23)20(24)22-16-8-4-3-5-9-16/h3-5,8-11,13,15H,6-7,12,14H2,1-2H3,(H,22,24). The van der Waals surface area contributed by atoms with Crippen LogP contribution in [0.3, 0.4) is 0 Å². The Hall–Kier alpha value is -3.02. The fraction of sp³-hybridized carbons (Fsp3) is 0.333. The maximum absolute atomic E-state index is 13.0. The van der Waals surface area contributed by atoms with Crippen LogP contribution in [-0.2, 0) is 4.79 Å². The number of benzene rings is 2. The summed E-state index contributed by atoms with van der Waals surface area (Å²) >= 11 is 0. The SMILES string of the molecule is COc1ccc(OC)c(C(=O)N2CCCC(C(=O)Nc3ccccc3)C2)c1. The number of ether oxygens (including phenoxy) is 2. The van der Waals surface area contributed by atoms with E-state index in [4.69, 9.17) is 9.47 Å². The molecule has 6 heteroatoms. The van der Waals surface area contributed by atoms with Gasteiger partial charge in [-0.15, -0.1) is 0 Å². The van der Waals surface area contributed by atoms with Gasteiger partial charge in [0.15, 0.2) is 0 Å². The summed E-state index contributed by atoms with van der Waals surface area (Å²) in [6.45, 7) is 1.01. The minimum absolute atomic E-state index is 0.0590. The van der Waals surface area contributed by atoms with Crippen molar-refractivity contribution < 1.29 is 19.1 Å². The summed E-state index contributed by atoms with van der Waals surface area (Å²) in [6.07, 6.45) is 1.54. The minimum atomic E-state index is -0.237. The molecule has 3 rings (SSSR count). The van der Waals surface area contributed by atoms with E-state index in [1.165, 1.54) is 7.11 Å². The van der Waals surface area contributed by atoms with Crippen molar-refractivity contribution in [2.75, 3.05) is 32.6 Å². The van der Waals surface area contributed by atoms with E-state index in [9.17, 15) is 9.59 Å². The molecule has 0 aromatic heterocycles. The largest absolute Gasteiger partial charge is 0.497 e. The van der Waals surface area contributed by atoms with E-state index >= 15 is 0 Å². The Morgan fingerprint density at radius 3 is 2.56 bits per heavy atom. The Labute approximate surface area is 159 Å². The number of nitrogens with zero attached hydrogens (tertiary/aromatic N) is 1. The van der Waals surface area contributed by atoms with Crippen molar-refractivity contribution >= 4 is 17.5 Å². The van der Waals surface area contributed by atoms with Crippen LogP contribution in [0.5, 0.6) is 11.5 Å². The molecule has 27 heavy (non-hydrogen) atoms. The summed E-state index contributed by atoms with van der Waals surface area (Å²) in [4.78, 5) is 27.4. The highest BCUT2D eigenvalue weighted by molar-refractivity contribution is 5.98. The third-order valence-electron chi connectivity index (χ3n) is 4.76. The van der Waals surface area contributed by atoms with Gasteiger partial charge in [-0.25, -0.2) is 0 Å². The van der Waals surface area contributed by atoms with E-state index in [-0.39, 0.29) is 17.7 Å². The van der Waals surface area contributed by atoms with Gasteiger partial charge in [0.2, 0.25) is 5.91 Å². The lowest BCUT2D eigenvalue weighted by Crippen LogP contribution is -2.43. The molecule has 1 N–H and O–H groups in total. The van der Waals surface area contributed by atoms with E-state index in [2.05, 4.69) is 5.32 Å². The first kappa shape index (κ1) is 18.8. The van der Waals surface area contributed by atoms with E-state index in [0.717, 1.165) is 18.5 Å². The van der Waals surface area contributed by atoms with Gasteiger partial charge < -0.3 is 19.7 Å². The van der Waals surface area contributed by atoms with Crippen LogP contribution in [0, 0.1) is 5.92 Å². The Morgan fingerprint density at radius 2 is 1.85 bits per heavy atom. The zero-order valence-electron chi connectivity index (χ0n) is 15.6. The molecule has 1 aliphatic heterocycles. The lowest BCUT2D eigenvalue weighted by Gasteiger charge is -2.32. The Kier molecular flexibility index (Phi) is 5.96. The van der Waals surface area contributed by atoms with Crippen LogP contribution >= 0.6 is 0 Å². The molecule has 1 fully saturated rings. The molecule has 0 aliphatic carbocycles. The van der Waals surface area contributed by atoms with Crippen LogP contribution in [-0.4, -0.2) is 44.0 Å². The average molecular weight is 368 g/mol. The van der Waals surface area contributed by atoms with Crippen LogP contribution in [0.25, 0.3) is 0 Å². The van der Waals surface area contributed by atoms with E-state index in [1.807, 2.05) is 30.3 Å². The number of piperidine rings is 1. The van der Waals surface area contributed by atoms with Crippen molar-refractivity contribution in [3.8, 4) is 11.5 Å². The summed E-state index contributed by atoms with van der Waals surface area (Å²) < 4.78 is 10.6. The predicted octanol–water partition coefficient (Wildman–Crippen LogP) is 3.19. The van der Waals surface area contributed by atoms with Crippen LogP contribution < -0.4 is 14.8 Å². The molecule has 2 amide bonds. The van der Waals surface area contributed by atoms with Crippen molar-refractivity contribution in [1.29, 1.82) is 0 Å². The number of methoxy groups -OCH3 is 2. The van der Waals surface area contributed by atoms with E-state index in [0.29, 0.717) is 30.2 Å². The van der Waals surface area contributed by atoms with Crippen LogP contribution in [0.2, 0.25) is 0 Å². The molecule has 2 aromatic carbocycles. The van der Waals surface area contributed by atoms with Crippen LogP contribution in [0.15, 0.2) is 48.5 Å². The van der Waals surface area contributed by atoms with Gasteiger partial charge in [-0.3, -0.25) is 9.59 Å². The Bertz CT molecular complexity index is 807. The van der Waals surface area contributed by atoms with Crippen molar-refractivity contribution in [1.82, 2.24) is 4.90 Å². The van der Waals surface area contributed by atoms with Gasteiger partial charge in [-0.2, -0.15) is 0 Å². The highest BCUT2D eigenvalue weighted by Crippen LogP contribution is 2.27. The summed E-state index contributed by atoms with van der Waals surface area (Å²) in [5, 5.41) is 2.93. The number of rotatable bonds is 5. The number of carbonyl (C=O) groups excluding carboxylic acids is 2. The lowest BCUT2D eigenvalue weighted by molar-refractivity contribution is -0.121. The van der Waals surface area contributed by atoms with Gasteiger partial charge in [0, 0.05) is 18.8 Å². The number of nitrogens with one attached hydrogen (secondary N) is 1. The zero-order valence-corrected chi connectivity index (χ0v) is 15.6. The van der Waals surface area contributed by atoms with Gasteiger partial charge in [-0.05, 0) is 43.2 Å². The number of anilines is 1. The summed E-state index contributed by atoms with van der Waals surface area (Å²) in [5.74, 6) is 0.643.